The van der Waals surface area contributed by atoms with Crippen LogP contribution >= 0.6 is 0 Å². The van der Waals surface area contributed by atoms with Gasteiger partial charge in [0.15, 0.2) is 5.52 Å². The third-order valence-electron chi connectivity index (χ3n) is 3.61. The number of fused-ring (bicyclic) bond motifs is 1. The molecule has 1 aromatic heterocycles. The fourth-order valence-corrected chi connectivity index (χ4v) is 2.69. The fraction of sp³-hybridized carbons (Fsp3) is 0.385. The van der Waals surface area contributed by atoms with Crippen molar-refractivity contribution in [3.8, 4) is 0 Å². The van der Waals surface area contributed by atoms with E-state index in [1.165, 1.54) is 12.6 Å². The van der Waals surface area contributed by atoms with E-state index in [9.17, 15) is 10.1 Å². The summed E-state index contributed by atoms with van der Waals surface area (Å²) in [6.45, 7) is 1.84. The topological polar surface area (TPSA) is 98.2 Å². The number of nitrogens with two attached hydrogens (primary N) is 1. The maximum absolute atomic E-state index is 11.2. The Bertz CT molecular complexity index is 667. The molecule has 20 heavy (non-hydrogen) atoms. The van der Waals surface area contributed by atoms with Crippen LogP contribution in [-0.2, 0) is 0 Å². The standard InChI is InChI=1S/C13H15N5O2/c14-9-8-10(17-6-2-1-3-7-17)11-12(13(9)18(19)20)16-5-4-15-11/h4-5,8H,1-3,6-7,14H2. The Morgan fingerprint density at radius 3 is 2.45 bits per heavy atom. The monoisotopic (exact) mass is 273 g/mol. The number of nitro benzene ring substituents is 1. The number of nitrogen functional groups attached to an aromatic ring is 1. The second-order valence-electron chi connectivity index (χ2n) is 4.89. The first-order valence-corrected chi connectivity index (χ1v) is 6.61. The minimum atomic E-state index is -0.494. The van der Waals surface area contributed by atoms with E-state index < -0.39 is 4.92 Å². The number of rotatable bonds is 2. The van der Waals surface area contributed by atoms with Crippen LogP contribution in [0.1, 0.15) is 19.3 Å². The van der Waals surface area contributed by atoms with Crippen molar-refractivity contribution in [2.75, 3.05) is 23.7 Å². The molecular weight excluding hydrogens is 258 g/mol. The Labute approximate surface area is 115 Å². The molecule has 1 fully saturated rings. The van der Waals surface area contributed by atoms with Crippen LogP contribution in [0.3, 0.4) is 0 Å². The zero-order chi connectivity index (χ0) is 14.1. The van der Waals surface area contributed by atoms with Gasteiger partial charge in [-0.1, -0.05) is 0 Å². The smallest absolute Gasteiger partial charge is 0.319 e. The Balaban J connectivity index is 2.23. The second-order valence-corrected chi connectivity index (χ2v) is 4.89. The SMILES string of the molecule is Nc1cc(N2CCCCC2)c2nccnc2c1[N+](=O)[O-]. The lowest BCUT2D eigenvalue weighted by atomic mass is 10.1. The molecule has 2 N–H and O–H groups in total. The van der Waals surface area contributed by atoms with Crippen molar-refractivity contribution in [2.45, 2.75) is 19.3 Å². The molecule has 1 aromatic carbocycles. The number of nitrogens with zero attached hydrogens (tertiary/aromatic N) is 4. The molecule has 0 aliphatic carbocycles. The van der Waals surface area contributed by atoms with Crippen molar-refractivity contribution < 1.29 is 4.92 Å². The third kappa shape index (κ3) is 2.01. The van der Waals surface area contributed by atoms with Crippen molar-refractivity contribution in [2.24, 2.45) is 0 Å². The van der Waals surface area contributed by atoms with Crippen molar-refractivity contribution in [3.05, 3.63) is 28.6 Å². The second kappa shape index (κ2) is 4.92. The van der Waals surface area contributed by atoms with Gasteiger partial charge in [0.25, 0.3) is 0 Å². The van der Waals surface area contributed by atoms with Crippen LogP contribution in [0.4, 0.5) is 17.1 Å². The van der Waals surface area contributed by atoms with E-state index in [4.69, 9.17) is 5.73 Å². The van der Waals surface area contributed by atoms with Crippen LogP contribution in [0.5, 0.6) is 0 Å². The van der Waals surface area contributed by atoms with E-state index in [0.29, 0.717) is 5.52 Å². The Hall–Kier alpha value is -2.44. The normalized spacial score (nSPS) is 15.5. The van der Waals surface area contributed by atoms with E-state index in [1.54, 1.807) is 12.3 Å². The van der Waals surface area contributed by atoms with Crippen molar-refractivity contribution in [3.63, 3.8) is 0 Å². The van der Waals surface area contributed by atoms with Gasteiger partial charge >= 0.3 is 5.69 Å². The maximum atomic E-state index is 11.2. The first kappa shape index (κ1) is 12.6. The Kier molecular flexibility index (Phi) is 3.09. The average molecular weight is 273 g/mol. The van der Waals surface area contributed by atoms with Crippen LogP contribution in [0, 0.1) is 10.1 Å². The van der Waals surface area contributed by atoms with Crippen LogP contribution in [0.2, 0.25) is 0 Å². The van der Waals surface area contributed by atoms with E-state index in [1.807, 2.05) is 0 Å². The summed E-state index contributed by atoms with van der Waals surface area (Å²) in [4.78, 5) is 21.2. The Morgan fingerprint density at radius 2 is 1.80 bits per heavy atom. The lowest BCUT2D eigenvalue weighted by molar-refractivity contribution is -0.382. The van der Waals surface area contributed by atoms with Gasteiger partial charge in [0.2, 0.25) is 0 Å². The molecule has 0 atom stereocenters. The summed E-state index contributed by atoms with van der Waals surface area (Å²) < 4.78 is 0. The van der Waals surface area contributed by atoms with E-state index >= 15 is 0 Å². The minimum Gasteiger partial charge on any atom is -0.393 e. The van der Waals surface area contributed by atoms with Gasteiger partial charge in [-0.2, -0.15) is 0 Å². The molecule has 3 rings (SSSR count). The zero-order valence-electron chi connectivity index (χ0n) is 11.0. The van der Waals surface area contributed by atoms with Crippen LogP contribution < -0.4 is 10.6 Å². The molecule has 2 heterocycles. The molecule has 7 heteroatoms. The number of nitro groups is 1. The molecule has 1 aliphatic rings. The highest BCUT2D eigenvalue weighted by molar-refractivity contribution is 5.99. The highest BCUT2D eigenvalue weighted by Gasteiger charge is 2.24. The molecule has 0 unspecified atom stereocenters. The molecule has 104 valence electrons. The molecule has 0 spiro atoms. The van der Waals surface area contributed by atoms with Crippen LogP contribution in [0.25, 0.3) is 11.0 Å². The first-order chi connectivity index (χ1) is 9.68. The summed E-state index contributed by atoms with van der Waals surface area (Å²) in [6.07, 6.45) is 6.43. The molecular formula is C13H15N5O2. The Morgan fingerprint density at radius 1 is 1.15 bits per heavy atom. The molecule has 0 saturated carbocycles. The van der Waals surface area contributed by atoms with Crippen molar-refractivity contribution in [1.82, 2.24) is 9.97 Å². The van der Waals surface area contributed by atoms with Gasteiger partial charge in [0, 0.05) is 25.5 Å². The number of hydrogen-bond donors (Lipinski definition) is 1. The van der Waals surface area contributed by atoms with Gasteiger partial charge in [-0.05, 0) is 25.3 Å². The van der Waals surface area contributed by atoms with Gasteiger partial charge in [-0.3, -0.25) is 15.1 Å². The number of anilines is 2. The molecule has 0 amide bonds. The van der Waals surface area contributed by atoms with E-state index in [-0.39, 0.29) is 16.9 Å². The summed E-state index contributed by atoms with van der Waals surface area (Å²) in [5, 5.41) is 11.2. The summed E-state index contributed by atoms with van der Waals surface area (Å²) in [7, 11) is 0. The predicted molar refractivity (Wildman–Crippen MR) is 76.7 cm³/mol. The zero-order valence-corrected chi connectivity index (χ0v) is 11.0. The average Bonchev–Trinajstić information content (AvgIpc) is 2.47. The number of hydrogen-bond acceptors (Lipinski definition) is 6. The van der Waals surface area contributed by atoms with E-state index in [0.717, 1.165) is 31.6 Å². The maximum Gasteiger partial charge on any atom is 0.319 e. The van der Waals surface area contributed by atoms with Crippen LogP contribution in [-0.4, -0.2) is 28.0 Å². The minimum absolute atomic E-state index is 0.142. The quantitative estimate of drug-likeness (QED) is 0.511. The predicted octanol–water partition coefficient (Wildman–Crippen LogP) is 2.11. The van der Waals surface area contributed by atoms with E-state index in [2.05, 4.69) is 14.9 Å². The molecule has 1 aliphatic heterocycles. The summed E-state index contributed by atoms with van der Waals surface area (Å²) in [5.41, 5.74) is 7.50. The first-order valence-electron chi connectivity index (χ1n) is 6.61. The lowest BCUT2D eigenvalue weighted by Gasteiger charge is -2.29. The highest BCUT2D eigenvalue weighted by Crippen LogP contribution is 2.36. The van der Waals surface area contributed by atoms with Gasteiger partial charge in [0.1, 0.15) is 11.2 Å². The fourth-order valence-electron chi connectivity index (χ4n) is 2.69. The van der Waals surface area contributed by atoms with Gasteiger partial charge in [-0.15, -0.1) is 0 Å². The number of piperidine rings is 1. The number of benzene rings is 1. The molecule has 1 saturated heterocycles. The van der Waals surface area contributed by atoms with Crippen molar-refractivity contribution >= 4 is 28.1 Å². The van der Waals surface area contributed by atoms with Gasteiger partial charge in [-0.25, -0.2) is 4.98 Å². The van der Waals surface area contributed by atoms with Crippen molar-refractivity contribution in [1.29, 1.82) is 0 Å². The largest absolute Gasteiger partial charge is 0.393 e. The summed E-state index contributed by atoms with van der Waals surface area (Å²) >= 11 is 0. The number of aromatic nitrogens is 2. The molecule has 7 nitrogen and oxygen atoms in total. The summed E-state index contributed by atoms with van der Waals surface area (Å²) in [5.74, 6) is 0. The van der Waals surface area contributed by atoms with Gasteiger partial charge < -0.3 is 10.6 Å². The molecule has 0 radical (unpaired) electrons. The molecule has 0 bridgehead atoms. The lowest BCUT2D eigenvalue weighted by Crippen LogP contribution is -2.29. The molecule has 2 aromatic rings. The van der Waals surface area contributed by atoms with Gasteiger partial charge in [0.05, 0.1) is 10.6 Å². The summed E-state index contributed by atoms with van der Waals surface area (Å²) in [6, 6.07) is 1.65. The highest BCUT2D eigenvalue weighted by atomic mass is 16.6. The third-order valence-corrected chi connectivity index (χ3v) is 3.61. The van der Waals surface area contributed by atoms with Crippen LogP contribution in [0.15, 0.2) is 18.5 Å².